The quantitative estimate of drug-likeness (QED) is 0.314. The Bertz CT molecular complexity index is 1270. The second-order valence-corrected chi connectivity index (χ2v) is 7.81. The lowest BCUT2D eigenvalue weighted by Gasteiger charge is -2.12. The van der Waals surface area contributed by atoms with E-state index in [4.69, 9.17) is 22.4 Å². The number of benzene rings is 2. The molecule has 0 unspecified atom stereocenters. The second-order valence-electron chi connectivity index (χ2n) is 7.41. The summed E-state index contributed by atoms with van der Waals surface area (Å²) < 4.78 is 2.22. The molecule has 0 saturated heterocycles. The number of anilines is 1. The molecule has 3 N–H and O–H groups in total. The normalized spacial score (nSPS) is 10.8. The summed E-state index contributed by atoms with van der Waals surface area (Å²) >= 11 is 6.54. The molecule has 0 radical (unpaired) electrons. The minimum atomic E-state index is 0.212. The number of halogens is 1. The van der Waals surface area contributed by atoms with E-state index in [1.54, 1.807) is 6.07 Å². The van der Waals surface area contributed by atoms with Crippen LogP contribution < -0.4 is 5.73 Å². The van der Waals surface area contributed by atoms with Gasteiger partial charge in [0.1, 0.15) is 5.82 Å². The zero-order chi connectivity index (χ0) is 21.6. The fraction of sp³-hybridized carbons (Fsp3) is 0.192. The van der Waals surface area contributed by atoms with E-state index in [1.807, 2.05) is 42.5 Å². The van der Waals surface area contributed by atoms with Gasteiger partial charge in [0.15, 0.2) is 0 Å². The number of aliphatic hydroxyl groups excluding tert-OH is 1. The van der Waals surface area contributed by atoms with Gasteiger partial charge in [-0.3, -0.25) is 0 Å². The summed E-state index contributed by atoms with van der Waals surface area (Å²) in [6.07, 6.45) is 2.46. The van der Waals surface area contributed by atoms with Crippen LogP contribution in [0.4, 0.5) is 5.82 Å². The number of aliphatic hydroxyl groups is 1. The van der Waals surface area contributed by atoms with E-state index in [1.165, 1.54) is 0 Å². The molecule has 2 aromatic heterocycles. The number of hydrogen-bond donors (Lipinski definition) is 2. The van der Waals surface area contributed by atoms with Crippen LogP contribution in [-0.4, -0.2) is 21.3 Å². The number of nitrogens with zero attached hydrogens (tertiary/aromatic N) is 2. The molecule has 4 rings (SSSR count). The van der Waals surface area contributed by atoms with Crippen LogP contribution in [0.25, 0.3) is 22.2 Å². The molecule has 0 amide bonds. The van der Waals surface area contributed by atoms with Crippen molar-refractivity contribution < 1.29 is 5.11 Å². The Morgan fingerprint density at radius 1 is 1.00 bits per heavy atom. The first-order valence-electron chi connectivity index (χ1n) is 10.3. The largest absolute Gasteiger partial charge is 0.396 e. The Morgan fingerprint density at radius 2 is 1.87 bits per heavy atom. The number of pyridine rings is 1. The van der Waals surface area contributed by atoms with Gasteiger partial charge in [-0.1, -0.05) is 53.8 Å². The Hall–Kier alpha value is -3.26. The third-order valence-electron chi connectivity index (χ3n) is 5.15. The highest BCUT2D eigenvalue weighted by Crippen LogP contribution is 2.33. The molecule has 5 heteroatoms. The highest BCUT2D eigenvalue weighted by molar-refractivity contribution is 6.33. The molecular weight excluding hydrogens is 406 g/mol. The van der Waals surface area contributed by atoms with Crippen molar-refractivity contribution in [3.63, 3.8) is 0 Å². The van der Waals surface area contributed by atoms with Gasteiger partial charge in [-0.25, -0.2) is 4.98 Å². The molecule has 31 heavy (non-hydrogen) atoms. The van der Waals surface area contributed by atoms with E-state index < -0.39 is 0 Å². The van der Waals surface area contributed by atoms with Crippen molar-refractivity contribution >= 4 is 28.3 Å². The van der Waals surface area contributed by atoms with E-state index in [9.17, 15) is 0 Å². The number of unbranched alkanes of at least 4 members (excludes halogenated alkanes) is 2. The average Bonchev–Trinajstić information content (AvgIpc) is 3.11. The third kappa shape index (κ3) is 4.91. The molecule has 0 bridgehead atoms. The van der Waals surface area contributed by atoms with Crippen molar-refractivity contribution in [3.8, 4) is 23.1 Å². The van der Waals surface area contributed by atoms with E-state index in [0.29, 0.717) is 17.4 Å². The minimum absolute atomic E-state index is 0.212. The summed E-state index contributed by atoms with van der Waals surface area (Å²) in [5.41, 5.74) is 10.8. The van der Waals surface area contributed by atoms with Crippen molar-refractivity contribution in [2.75, 3.05) is 12.3 Å². The highest BCUT2D eigenvalue weighted by atomic mass is 35.5. The molecule has 0 fully saturated rings. The zero-order valence-corrected chi connectivity index (χ0v) is 17.9. The van der Waals surface area contributed by atoms with E-state index in [0.717, 1.165) is 52.7 Å². The van der Waals surface area contributed by atoms with E-state index in [2.05, 4.69) is 39.6 Å². The van der Waals surface area contributed by atoms with Crippen molar-refractivity contribution in [1.82, 2.24) is 9.55 Å². The van der Waals surface area contributed by atoms with Gasteiger partial charge in [0.2, 0.25) is 0 Å². The molecule has 2 heterocycles. The van der Waals surface area contributed by atoms with Gasteiger partial charge in [-0.05, 0) is 49.2 Å². The van der Waals surface area contributed by atoms with Gasteiger partial charge in [0.05, 0.1) is 23.4 Å². The third-order valence-corrected chi connectivity index (χ3v) is 5.47. The predicted octanol–water partition coefficient (Wildman–Crippen LogP) is 5.50. The van der Waals surface area contributed by atoms with Crippen LogP contribution in [0.15, 0.2) is 66.7 Å². The summed E-state index contributed by atoms with van der Waals surface area (Å²) in [5.74, 6) is 6.96. The van der Waals surface area contributed by atoms with Crippen LogP contribution in [0.1, 0.15) is 30.5 Å². The van der Waals surface area contributed by atoms with Gasteiger partial charge >= 0.3 is 0 Å². The maximum Gasteiger partial charge on any atom is 0.123 e. The number of fused-ring (bicyclic) bond motifs is 1. The topological polar surface area (TPSA) is 64.1 Å². The van der Waals surface area contributed by atoms with Crippen molar-refractivity contribution in [2.24, 2.45) is 0 Å². The van der Waals surface area contributed by atoms with Crippen molar-refractivity contribution in [1.29, 1.82) is 0 Å². The first kappa shape index (κ1) is 21.0. The zero-order valence-electron chi connectivity index (χ0n) is 17.2. The SMILES string of the molecule is Nc1cccc(Cn2c(-c3ccccc3Cl)cc3ccc(C#CCCCCO)cc32)n1. The number of aromatic nitrogens is 2. The standard InChI is InChI=1S/C26H24ClN3O/c27-23-11-5-4-10-22(23)25-17-20-14-13-19(8-3-1-2-6-15-31)16-24(20)30(25)18-21-9-7-12-26(28)29-21/h4-5,7,9-14,16-17,31H,1-2,6,15,18H2,(H2,28,29). The maximum atomic E-state index is 8.91. The van der Waals surface area contributed by atoms with E-state index >= 15 is 0 Å². The Labute approximate surface area is 187 Å². The summed E-state index contributed by atoms with van der Waals surface area (Å²) in [4.78, 5) is 4.49. The molecule has 2 aromatic carbocycles. The fourth-order valence-corrected chi connectivity index (χ4v) is 3.87. The van der Waals surface area contributed by atoms with Crippen molar-refractivity contribution in [2.45, 2.75) is 25.8 Å². The smallest absolute Gasteiger partial charge is 0.123 e. The number of rotatable bonds is 6. The number of nitrogens with two attached hydrogens (primary N) is 1. The lowest BCUT2D eigenvalue weighted by atomic mass is 10.1. The number of nitrogen functional groups attached to an aromatic ring is 1. The van der Waals surface area contributed by atoms with Gasteiger partial charge in [-0.15, -0.1) is 0 Å². The Balaban J connectivity index is 1.79. The lowest BCUT2D eigenvalue weighted by Crippen LogP contribution is -2.05. The molecule has 0 saturated carbocycles. The predicted molar refractivity (Wildman–Crippen MR) is 128 cm³/mol. The molecular formula is C26H24ClN3O. The molecule has 156 valence electrons. The first-order valence-corrected chi connectivity index (χ1v) is 10.7. The average molecular weight is 430 g/mol. The maximum absolute atomic E-state index is 8.91. The molecule has 4 aromatic rings. The van der Waals surface area contributed by atoms with Crippen LogP contribution in [0.3, 0.4) is 0 Å². The summed E-state index contributed by atoms with van der Waals surface area (Å²) in [6, 6.07) is 21.9. The van der Waals surface area contributed by atoms with Crippen LogP contribution in [0.5, 0.6) is 0 Å². The second kappa shape index (κ2) is 9.70. The Morgan fingerprint density at radius 3 is 2.68 bits per heavy atom. The molecule has 0 aliphatic rings. The minimum Gasteiger partial charge on any atom is -0.396 e. The summed E-state index contributed by atoms with van der Waals surface area (Å²) in [5, 5.41) is 10.7. The lowest BCUT2D eigenvalue weighted by molar-refractivity contribution is 0.285. The molecule has 0 aliphatic carbocycles. The molecule has 0 aliphatic heterocycles. The Kier molecular flexibility index (Phi) is 6.57. The number of hydrogen-bond acceptors (Lipinski definition) is 3. The highest BCUT2D eigenvalue weighted by Gasteiger charge is 2.14. The van der Waals surface area contributed by atoms with Crippen LogP contribution in [-0.2, 0) is 6.54 Å². The first-order chi connectivity index (χ1) is 15.2. The van der Waals surface area contributed by atoms with Gasteiger partial charge < -0.3 is 15.4 Å². The van der Waals surface area contributed by atoms with E-state index in [-0.39, 0.29) is 6.61 Å². The van der Waals surface area contributed by atoms with Crippen LogP contribution in [0, 0.1) is 11.8 Å². The fourth-order valence-electron chi connectivity index (χ4n) is 3.63. The summed E-state index contributed by atoms with van der Waals surface area (Å²) in [6.45, 7) is 0.784. The van der Waals surface area contributed by atoms with Crippen molar-refractivity contribution in [3.05, 3.63) is 83.0 Å². The molecule has 0 atom stereocenters. The molecule has 4 nitrogen and oxygen atoms in total. The summed E-state index contributed by atoms with van der Waals surface area (Å²) in [7, 11) is 0. The van der Waals surface area contributed by atoms with Crippen LogP contribution >= 0.6 is 11.6 Å². The van der Waals surface area contributed by atoms with Gasteiger partial charge in [0, 0.05) is 34.6 Å². The monoisotopic (exact) mass is 429 g/mol. The van der Waals surface area contributed by atoms with Crippen LogP contribution in [0.2, 0.25) is 5.02 Å². The van der Waals surface area contributed by atoms with Gasteiger partial charge in [-0.2, -0.15) is 0 Å². The van der Waals surface area contributed by atoms with Gasteiger partial charge in [0.25, 0.3) is 0 Å². The molecule has 0 spiro atoms.